The summed E-state index contributed by atoms with van der Waals surface area (Å²) in [6, 6.07) is 0.413. The molecule has 0 spiro atoms. The maximum Gasteiger partial charge on any atom is 0.225 e. The Labute approximate surface area is 135 Å². The van der Waals surface area contributed by atoms with Gasteiger partial charge in [-0.1, -0.05) is 11.6 Å². The van der Waals surface area contributed by atoms with Crippen molar-refractivity contribution in [3.8, 4) is 0 Å². The number of rotatable bonds is 4. The average Bonchev–Trinajstić information content (AvgIpc) is 2.90. The Bertz CT molecular complexity index is 508. The van der Waals surface area contributed by atoms with Crippen molar-refractivity contribution in [1.29, 1.82) is 0 Å². The van der Waals surface area contributed by atoms with Crippen LogP contribution in [0.4, 0.5) is 5.82 Å². The first-order valence-corrected chi connectivity index (χ1v) is 8.19. The standard InChI is InChI=1S/C14H20Cl2N4O/c1-10(2-4-19-6-8-21-9-7-19)20-5-3-11-12(15)17-14(16)18-13(11)20/h10H,2-9H2,1H3. The van der Waals surface area contributed by atoms with Gasteiger partial charge < -0.3 is 9.64 Å². The third-order valence-electron chi connectivity index (χ3n) is 4.28. The first-order chi connectivity index (χ1) is 10.1. The van der Waals surface area contributed by atoms with Crippen molar-refractivity contribution in [3.05, 3.63) is 16.0 Å². The summed E-state index contributed by atoms with van der Waals surface area (Å²) in [4.78, 5) is 13.2. The normalized spacial score (nSPS) is 20.6. The second kappa shape index (κ2) is 6.65. The summed E-state index contributed by atoms with van der Waals surface area (Å²) >= 11 is 12.1. The molecule has 0 aliphatic carbocycles. The highest BCUT2D eigenvalue weighted by Gasteiger charge is 2.28. The fraction of sp³-hybridized carbons (Fsp3) is 0.714. The molecule has 0 amide bonds. The van der Waals surface area contributed by atoms with E-state index in [9.17, 15) is 0 Å². The molecule has 0 saturated carbocycles. The first kappa shape index (κ1) is 15.3. The number of morpholine rings is 1. The molecule has 0 N–H and O–H groups in total. The predicted octanol–water partition coefficient (Wildman–Crippen LogP) is 2.26. The maximum absolute atomic E-state index is 6.16. The van der Waals surface area contributed by atoms with Crippen LogP contribution in [0.3, 0.4) is 0 Å². The summed E-state index contributed by atoms with van der Waals surface area (Å²) in [5.74, 6) is 0.912. The molecule has 0 bridgehead atoms. The molecule has 1 aromatic rings. The van der Waals surface area contributed by atoms with Crippen molar-refractivity contribution in [3.63, 3.8) is 0 Å². The van der Waals surface area contributed by atoms with Gasteiger partial charge in [-0.05, 0) is 31.4 Å². The molecule has 7 heteroatoms. The number of ether oxygens (including phenoxy) is 1. The largest absolute Gasteiger partial charge is 0.379 e. The van der Waals surface area contributed by atoms with Crippen LogP contribution in [0.15, 0.2) is 0 Å². The maximum atomic E-state index is 6.16. The SMILES string of the molecule is CC(CCN1CCOCC1)N1CCc2c(Cl)nc(Cl)nc21. The van der Waals surface area contributed by atoms with Crippen molar-refractivity contribution in [2.75, 3.05) is 44.3 Å². The molecule has 21 heavy (non-hydrogen) atoms. The molecule has 1 saturated heterocycles. The van der Waals surface area contributed by atoms with Crippen LogP contribution in [0.25, 0.3) is 0 Å². The van der Waals surface area contributed by atoms with E-state index in [1.807, 2.05) is 0 Å². The monoisotopic (exact) mass is 330 g/mol. The van der Waals surface area contributed by atoms with Crippen molar-refractivity contribution < 1.29 is 4.74 Å². The van der Waals surface area contributed by atoms with Gasteiger partial charge in [0.1, 0.15) is 11.0 Å². The lowest BCUT2D eigenvalue weighted by Crippen LogP contribution is -2.40. The van der Waals surface area contributed by atoms with Crippen molar-refractivity contribution >= 4 is 29.0 Å². The molecule has 3 rings (SSSR count). The van der Waals surface area contributed by atoms with Gasteiger partial charge in [-0.15, -0.1) is 0 Å². The Morgan fingerprint density at radius 2 is 1.95 bits per heavy atom. The number of nitrogens with zero attached hydrogens (tertiary/aromatic N) is 4. The third kappa shape index (κ3) is 3.42. The average molecular weight is 331 g/mol. The predicted molar refractivity (Wildman–Crippen MR) is 84.4 cm³/mol. The number of fused-ring (bicyclic) bond motifs is 1. The van der Waals surface area contributed by atoms with Gasteiger partial charge in [-0.2, -0.15) is 0 Å². The van der Waals surface area contributed by atoms with E-state index < -0.39 is 0 Å². The Kier molecular flexibility index (Phi) is 4.84. The van der Waals surface area contributed by atoms with Crippen LogP contribution >= 0.6 is 23.2 Å². The summed E-state index contributed by atoms with van der Waals surface area (Å²) in [5, 5.41) is 0.721. The summed E-state index contributed by atoms with van der Waals surface area (Å²) in [5.41, 5.74) is 1.03. The fourth-order valence-corrected chi connectivity index (χ4v) is 3.46. The molecule has 2 aliphatic rings. The molecule has 116 valence electrons. The van der Waals surface area contributed by atoms with E-state index >= 15 is 0 Å². The molecule has 1 unspecified atom stereocenters. The van der Waals surface area contributed by atoms with Gasteiger partial charge in [0.15, 0.2) is 0 Å². The van der Waals surface area contributed by atoms with Crippen molar-refractivity contribution in [1.82, 2.24) is 14.9 Å². The lowest BCUT2D eigenvalue weighted by molar-refractivity contribution is 0.0367. The number of aromatic nitrogens is 2. The Morgan fingerprint density at radius 1 is 1.19 bits per heavy atom. The van der Waals surface area contributed by atoms with Gasteiger partial charge in [0, 0.05) is 37.8 Å². The van der Waals surface area contributed by atoms with Crippen molar-refractivity contribution in [2.24, 2.45) is 0 Å². The van der Waals surface area contributed by atoms with E-state index in [1.165, 1.54) is 0 Å². The minimum Gasteiger partial charge on any atom is -0.379 e. The highest BCUT2D eigenvalue weighted by Crippen LogP contribution is 2.33. The van der Waals surface area contributed by atoms with Gasteiger partial charge in [-0.3, -0.25) is 4.90 Å². The first-order valence-electron chi connectivity index (χ1n) is 7.44. The van der Waals surface area contributed by atoms with Crippen LogP contribution < -0.4 is 4.90 Å². The van der Waals surface area contributed by atoms with Gasteiger partial charge in [0.2, 0.25) is 5.28 Å². The molecule has 2 aliphatic heterocycles. The highest BCUT2D eigenvalue weighted by atomic mass is 35.5. The van der Waals surface area contributed by atoms with E-state index in [4.69, 9.17) is 27.9 Å². The van der Waals surface area contributed by atoms with E-state index in [0.29, 0.717) is 11.2 Å². The quantitative estimate of drug-likeness (QED) is 0.625. The van der Waals surface area contributed by atoms with Gasteiger partial charge in [0.05, 0.1) is 13.2 Å². The fourth-order valence-electron chi connectivity index (χ4n) is 2.99. The van der Waals surface area contributed by atoms with E-state index in [0.717, 1.165) is 63.6 Å². The van der Waals surface area contributed by atoms with Gasteiger partial charge >= 0.3 is 0 Å². The second-order valence-corrected chi connectivity index (χ2v) is 6.32. The Balaban J connectivity index is 1.63. The number of hydrogen-bond donors (Lipinski definition) is 0. The van der Waals surface area contributed by atoms with Gasteiger partial charge in [-0.25, -0.2) is 9.97 Å². The van der Waals surface area contributed by atoms with E-state index in [1.54, 1.807) is 0 Å². The van der Waals surface area contributed by atoms with Crippen LogP contribution in [-0.4, -0.2) is 60.3 Å². The highest BCUT2D eigenvalue weighted by molar-refractivity contribution is 6.32. The molecule has 3 heterocycles. The molecular weight excluding hydrogens is 311 g/mol. The Morgan fingerprint density at radius 3 is 2.71 bits per heavy atom. The lowest BCUT2D eigenvalue weighted by Gasteiger charge is -2.31. The van der Waals surface area contributed by atoms with Crippen LogP contribution in [0, 0.1) is 0 Å². The molecular formula is C14H20Cl2N4O. The molecule has 0 aromatic carbocycles. The zero-order valence-corrected chi connectivity index (χ0v) is 13.7. The summed E-state index contributed by atoms with van der Waals surface area (Å²) in [6.45, 7) is 8.02. The Hall–Kier alpha value is -0.620. The molecule has 1 atom stereocenters. The zero-order chi connectivity index (χ0) is 14.8. The molecule has 5 nitrogen and oxygen atoms in total. The molecule has 1 aromatic heterocycles. The van der Waals surface area contributed by atoms with Crippen LogP contribution in [0.1, 0.15) is 18.9 Å². The number of hydrogen-bond acceptors (Lipinski definition) is 5. The molecule has 1 fully saturated rings. The second-order valence-electron chi connectivity index (χ2n) is 5.62. The number of halogens is 2. The van der Waals surface area contributed by atoms with Crippen LogP contribution in [0.2, 0.25) is 10.4 Å². The van der Waals surface area contributed by atoms with Crippen LogP contribution in [0.5, 0.6) is 0 Å². The van der Waals surface area contributed by atoms with Crippen LogP contribution in [-0.2, 0) is 11.2 Å². The van der Waals surface area contributed by atoms with Crippen molar-refractivity contribution in [2.45, 2.75) is 25.8 Å². The van der Waals surface area contributed by atoms with E-state index in [-0.39, 0.29) is 5.28 Å². The number of anilines is 1. The zero-order valence-electron chi connectivity index (χ0n) is 12.2. The smallest absolute Gasteiger partial charge is 0.225 e. The molecule has 0 radical (unpaired) electrons. The summed E-state index contributed by atoms with van der Waals surface area (Å²) < 4.78 is 5.38. The summed E-state index contributed by atoms with van der Waals surface area (Å²) in [6.07, 6.45) is 1.99. The lowest BCUT2D eigenvalue weighted by atomic mass is 10.2. The van der Waals surface area contributed by atoms with Gasteiger partial charge in [0.25, 0.3) is 0 Å². The van der Waals surface area contributed by atoms with E-state index in [2.05, 4.69) is 26.7 Å². The summed E-state index contributed by atoms with van der Waals surface area (Å²) in [7, 11) is 0. The minimum absolute atomic E-state index is 0.228. The third-order valence-corrected chi connectivity index (χ3v) is 4.76. The topological polar surface area (TPSA) is 41.5 Å². The minimum atomic E-state index is 0.228.